The van der Waals surface area contributed by atoms with Crippen molar-refractivity contribution in [3.63, 3.8) is 0 Å². The van der Waals surface area contributed by atoms with Gasteiger partial charge in [-0.05, 0) is 43.1 Å². The van der Waals surface area contributed by atoms with Gasteiger partial charge in [-0.1, -0.05) is 17.7 Å². The zero-order valence-electron chi connectivity index (χ0n) is 18.1. The maximum atomic E-state index is 13.8. The van der Waals surface area contributed by atoms with Gasteiger partial charge in [0.25, 0.3) is 12.4 Å². The molecule has 34 heavy (non-hydrogen) atoms. The molecule has 2 aliphatic rings. The largest absolute Gasteiger partial charge is 0.483 e. The standard InChI is InChI=1S/C22H21ClF2N4O2.CH2O2/c23-15-10-27-29-7-1-2-19-14(21(15)29)9-20(31-19)22(30)28-18-11-26-6-5-13(18)12-3-4-16(24)17(25)8-12;2-1-3/h3-4,8-10,13,18,26H,1-2,5-7,11H2,(H,28,30);1H,(H,2,3)/t13-,18+;/m0./s1. The Balaban J connectivity index is 0.000000868. The summed E-state index contributed by atoms with van der Waals surface area (Å²) in [6.07, 6.45) is 3.81. The van der Waals surface area contributed by atoms with E-state index >= 15 is 0 Å². The van der Waals surface area contributed by atoms with E-state index in [-0.39, 0.29) is 30.1 Å². The zero-order chi connectivity index (χ0) is 24.2. The van der Waals surface area contributed by atoms with E-state index in [9.17, 15) is 13.6 Å². The maximum absolute atomic E-state index is 13.8. The van der Waals surface area contributed by atoms with Crippen molar-refractivity contribution >= 4 is 24.0 Å². The van der Waals surface area contributed by atoms with Crippen molar-refractivity contribution in [2.24, 2.45) is 0 Å². The molecule has 0 aliphatic carbocycles. The number of rotatable bonds is 3. The van der Waals surface area contributed by atoms with Crippen LogP contribution in [0.1, 0.15) is 40.6 Å². The van der Waals surface area contributed by atoms with E-state index in [2.05, 4.69) is 15.7 Å². The number of nitrogens with one attached hydrogen (secondary N) is 2. The van der Waals surface area contributed by atoms with Crippen LogP contribution < -0.4 is 10.6 Å². The number of hydrogen-bond donors (Lipinski definition) is 3. The van der Waals surface area contributed by atoms with Crippen LogP contribution in [-0.4, -0.2) is 46.4 Å². The topological polar surface area (TPSA) is 109 Å². The molecule has 5 rings (SSSR count). The highest BCUT2D eigenvalue weighted by molar-refractivity contribution is 6.33. The summed E-state index contributed by atoms with van der Waals surface area (Å²) in [5.41, 5.74) is 2.21. The number of hydrogen-bond acceptors (Lipinski definition) is 5. The third-order valence-electron chi connectivity index (χ3n) is 6.03. The van der Waals surface area contributed by atoms with Gasteiger partial charge < -0.3 is 20.2 Å². The molecule has 0 unspecified atom stereocenters. The summed E-state index contributed by atoms with van der Waals surface area (Å²) >= 11 is 6.32. The van der Waals surface area contributed by atoms with Crippen molar-refractivity contribution in [2.45, 2.75) is 37.8 Å². The number of aromatic nitrogens is 2. The molecule has 0 radical (unpaired) electrons. The second-order valence-electron chi connectivity index (χ2n) is 8.07. The molecular formula is C23H23ClF2N4O4. The Hall–Kier alpha value is -3.24. The van der Waals surface area contributed by atoms with Gasteiger partial charge in [-0.25, -0.2) is 8.78 Å². The normalized spacial score (nSPS) is 19.1. The first kappa shape index (κ1) is 23.9. The number of halogens is 3. The van der Waals surface area contributed by atoms with E-state index in [0.717, 1.165) is 36.8 Å². The molecule has 0 spiro atoms. The van der Waals surface area contributed by atoms with Crippen molar-refractivity contribution in [3.8, 4) is 11.3 Å². The van der Waals surface area contributed by atoms with Crippen molar-refractivity contribution in [3.05, 3.63) is 64.2 Å². The minimum absolute atomic E-state index is 0.135. The number of carbonyl (C=O) groups excluding carboxylic acids is 1. The van der Waals surface area contributed by atoms with E-state index < -0.39 is 11.6 Å². The smallest absolute Gasteiger partial charge is 0.290 e. The number of aryl methyl sites for hydroxylation is 2. The molecule has 180 valence electrons. The van der Waals surface area contributed by atoms with Crippen LogP contribution in [0.4, 0.5) is 8.78 Å². The first-order chi connectivity index (χ1) is 16.4. The lowest BCUT2D eigenvalue weighted by Crippen LogP contribution is -2.50. The van der Waals surface area contributed by atoms with Crippen LogP contribution in [0.2, 0.25) is 5.02 Å². The molecule has 1 fully saturated rings. The third kappa shape index (κ3) is 4.83. The molecule has 8 nitrogen and oxygen atoms in total. The Bertz CT molecular complexity index is 1200. The summed E-state index contributed by atoms with van der Waals surface area (Å²) in [5, 5.41) is 18.0. The molecule has 1 aromatic carbocycles. The molecule has 2 aliphatic heterocycles. The van der Waals surface area contributed by atoms with Crippen molar-refractivity contribution in [2.75, 3.05) is 13.1 Å². The molecule has 3 aromatic rings. The van der Waals surface area contributed by atoms with Gasteiger partial charge in [-0.2, -0.15) is 5.10 Å². The van der Waals surface area contributed by atoms with Crippen molar-refractivity contribution in [1.29, 1.82) is 0 Å². The highest BCUT2D eigenvalue weighted by atomic mass is 35.5. The number of piperidine rings is 1. The van der Waals surface area contributed by atoms with Gasteiger partial charge >= 0.3 is 0 Å². The Morgan fingerprint density at radius 3 is 2.88 bits per heavy atom. The number of fused-ring (bicyclic) bond motifs is 3. The summed E-state index contributed by atoms with van der Waals surface area (Å²) < 4.78 is 34.9. The van der Waals surface area contributed by atoms with E-state index in [1.54, 1.807) is 18.3 Å². The predicted octanol–water partition coefficient (Wildman–Crippen LogP) is 3.60. The lowest BCUT2D eigenvalue weighted by molar-refractivity contribution is -0.122. The van der Waals surface area contributed by atoms with Crippen molar-refractivity contribution in [1.82, 2.24) is 20.4 Å². The van der Waals surface area contributed by atoms with E-state index in [1.807, 2.05) is 4.68 Å². The molecule has 11 heteroatoms. The Morgan fingerprint density at radius 2 is 2.12 bits per heavy atom. The first-order valence-corrected chi connectivity index (χ1v) is 11.2. The average molecular weight is 493 g/mol. The van der Waals surface area contributed by atoms with Crippen LogP contribution in [0.3, 0.4) is 0 Å². The highest BCUT2D eigenvalue weighted by Crippen LogP contribution is 2.36. The van der Waals surface area contributed by atoms with Crippen molar-refractivity contribution < 1.29 is 27.9 Å². The van der Waals surface area contributed by atoms with Gasteiger partial charge in [0.2, 0.25) is 0 Å². The zero-order valence-corrected chi connectivity index (χ0v) is 18.8. The molecule has 1 saturated heterocycles. The fraction of sp³-hybridized carbons (Fsp3) is 0.348. The fourth-order valence-corrected chi connectivity index (χ4v) is 4.75. The summed E-state index contributed by atoms with van der Waals surface area (Å²) in [4.78, 5) is 21.4. The monoisotopic (exact) mass is 492 g/mol. The summed E-state index contributed by atoms with van der Waals surface area (Å²) in [5.74, 6) is -1.34. The SMILES string of the molecule is O=C(N[C@@H]1CNCC[C@H]1c1ccc(F)c(F)c1)c1cc2c(o1)CCCn1ncc(Cl)c1-2.O=CO. The summed E-state index contributed by atoms with van der Waals surface area (Å²) in [6.45, 7) is 1.74. The van der Waals surface area contributed by atoms with Gasteiger partial charge in [0.05, 0.1) is 16.9 Å². The molecular weight excluding hydrogens is 470 g/mol. The second kappa shape index (κ2) is 10.4. The average Bonchev–Trinajstić information content (AvgIpc) is 3.35. The van der Waals surface area contributed by atoms with Gasteiger partial charge in [0.1, 0.15) is 5.76 Å². The minimum Gasteiger partial charge on any atom is -0.483 e. The molecule has 0 saturated carbocycles. The van der Waals surface area contributed by atoms with Crippen LogP contribution in [0.5, 0.6) is 0 Å². The number of amides is 1. The third-order valence-corrected chi connectivity index (χ3v) is 6.30. The quantitative estimate of drug-likeness (QED) is 0.482. The Morgan fingerprint density at radius 1 is 1.32 bits per heavy atom. The predicted molar refractivity (Wildman–Crippen MR) is 120 cm³/mol. The summed E-state index contributed by atoms with van der Waals surface area (Å²) in [6, 6.07) is 5.33. The molecule has 1 amide bonds. The molecule has 3 N–H and O–H groups in total. The molecule has 0 bridgehead atoms. The van der Waals surface area contributed by atoms with Crippen LogP contribution in [0.25, 0.3) is 11.3 Å². The lowest BCUT2D eigenvalue weighted by Gasteiger charge is -2.33. The first-order valence-electron chi connectivity index (χ1n) is 10.8. The van der Waals surface area contributed by atoms with Crippen LogP contribution in [0.15, 0.2) is 34.9 Å². The van der Waals surface area contributed by atoms with E-state index in [0.29, 0.717) is 35.7 Å². The Labute approximate surface area is 198 Å². The number of carboxylic acid groups (broad SMARTS) is 1. The highest BCUT2D eigenvalue weighted by Gasteiger charge is 2.31. The number of furan rings is 1. The van der Waals surface area contributed by atoms with Gasteiger partial charge in [-0.3, -0.25) is 14.3 Å². The van der Waals surface area contributed by atoms with E-state index in [1.165, 1.54) is 6.07 Å². The number of benzene rings is 1. The molecule has 2 atom stereocenters. The van der Waals surface area contributed by atoms with Gasteiger partial charge in [-0.15, -0.1) is 0 Å². The van der Waals surface area contributed by atoms with Gasteiger partial charge in [0.15, 0.2) is 17.4 Å². The molecule has 2 aromatic heterocycles. The summed E-state index contributed by atoms with van der Waals surface area (Å²) in [7, 11) is 0. The minimum atomic E-state index is -0.885. The van der Waals surface area contributed by atoms with Gasteiger partial charge in [0, 0.05) is 37.0 Å². The van der Waals surface area contributed by atoms with Crippen LogP contribution in [0, 0.1) is 11.6 Å². The fourth-order valence-electron chi connectivity index (χ4n) is 4.51. The Kier molecular flexibility index (Phi) is 7.28. The molecule has 4 heterocycles. The maximum Gasteiger partial charge on any atom is 0.290 e. The lowest BCUT2D eigenvalue weighted by atomic mass is 9.86. The van der Waals surface area contributed by atoms with Crippen LogP contribution in [-0.2, 0) is 17.8 Å². The van der Waals surface area contributed by atoms with Crippen LogP contribution >= 0.6 is 11.6 Å². The number of carbonyl (C=O) groups is 2. The second-order valence-corrected chi connectivity index (χ2v) is 8.48. The number of nitrogens with zero attached hydrogens (tertiary/aromatic N) is 2. The van der Waals surface area contributed by atoms with E-state index in [4.69, 9.17) is 25.9 Å².